The molecule has 0 aliphatic carbocycles. The molecule has 0 amide bonds. The minimum atomic E-state index is 0.398. The summed E-state index contributed by atoms with van der Waals surface area (Å²) in [5.41, 5.74) is 3.72. The second-order valence-corrected chi connectivity index (χ2v) is 1.65. The summed E-state index contributed by atoms with van der Waals surface area (Å²) >= 11 is 0. The topological polar surface area (TPSA) is 27.6 Å². The van der Waals surface area contributed by atoms with Crippen LogP contribution < -0.4 is 5.73 Å². The Bertz CT molecular complexity index is 25.1. The van der Waals surface area contributed by atoms with Crippen molar-refractivity contribution in [3.05, 3.63) is 6.92 Å². The highest BCUT2D eigenvalue weighted by atomic mass is 14.6. The molecule has 0 saturated carbocycles. The molecule has 0 aromatic rings. The smallest absolute Gasteiger partial charge is 0.0845 e. The number of hydrogen-bond donors (Lipinski definition) is 1. The second kappa shape index (κ2) is 3.16. The van der Waals surface area contributed by atoms with Crippen LogP contribution in [0.2, 0.25) is 0 Å². The van der Waals surface area contributed by atoms with Crippen molar-refractivity contribution in [2.75, 3.05) is 0 Å². The van der Waals surface area contributed by atoms with Gasteiger partial charge in [0.25, 0.3) is 0 Å². The Balaban J connectivity index is 2.63. The van der Waals surface area contributed by atoms with Crippen molar-refractivity contribution >= 4 is 0 Å². The van der Waals surface area contributed by atoms with Crippen molar-refractivity contribution in [1.29, 1.82) is 0 Å². The van der Waals surface area contributed by atoms with Gasteiger partial charge in [0.05, 0.1) is 6.04 Å². The summed E-state index contributed by atoms with van der Waals surface area (Å²) in [5, 5.41) is 0. The fraction of sp³-hybridized carbons (Fsp3) is 0.800. The molecule has 1 atom stereocenters. The lowest BCUT2D eigenvalue weighted by molar-refractivity contribution is -0.405. The minimum Gasteiger partial charge on any atom is -0.355 e. The molecular weight excluding hydrogens is 74.1 g/mol. The zero-order chi connectivity index (χ0) is 4.99. The van der Waals surface area contributed by atoms with Crippen molar-refractivity contribution in [1.82, 2.24) is 0 Å². The van der Waals surface area contributed by atoms with E-state index in [-0.39, 0.29) is 0 Å². The van der Waals surface area contributed by atoms with Crippen molar-refractivity contribution in [2.24, 2.45) is 0 Å². The molecule has 0 heterocycles. The maximum absolute atomic E-state index is 3.72. The van der Waals surface area contributed by atoms with Gasteiger partial charge in [0, 0.05) is 6.92 Å². The quantitative estimate of drug-likeness (QED) is 0.499. The van der Waals surface area contributed by atoms with Crippen molar-refractivity contribution < 1.29 is 5.73 Å². The van der Waals surface area contributed by atoms with E-state index in [2.05, 4.69) is 19.6 Å². The Kier molecular flexibility index (Phi) is 3.14. The molecule has 1 unspecified atom stereocenters. The minimum absolute atomic E-state index is 0.398. The van der Waals surface area contributed by atoms with Crippen LogP contribution in [0.15, 0.2) is 0 Å². The molecule has 0 rings (SSSR count). The molecule has 1 radical (unpaired) electrons. The molecule has 6 heavy (non-hydrogen) atoms. The zero-order valence-electron chi connectivity index (χ0n) is 4.41. The Morgan fingerprint density at radius 2 is 2.33 bits per heavy atom. The lowest BCUT2D eigenvalue weighted by Crippen LogP contribution is -2.59. The first kappa shape index (κ1) is 5.96. The lowest BCUT2D eigenvalue weighted by Gasteiger charge is -1.92. The highest BCUT2D eigenvalue weighted by Gasteiger charge is 1.90. The summed E-state index contributed by atoms with van der Waals surface area (Å²) in [6.45, 7) is 5.86. The maximum atomic E-state index is 3.72. The molecule has 1 heteroatoms. The highest BCUT2D eigenvalue weighted by Crippen LogP contribution is 1.85. The third-order valence-corrected chi connectivity index (χ3v) is 0.697. The van der Waals surface area contributed by atoms with Crippen LogP contribution in [-0.4, -0.2) is 6.04 Å². The fourth-order valence-electron chi connectivity index (χ4n) is 0.408. The second-order valence-electron chi connectivity index (χ2n) is 1.65. The molecule has 37 valence electrons. The molecule has 1 nitrogen and oxygen atoms in total. The fourth-order valence-corrected chi connectivity index (χ4v) is 0.408. The molecule has 0 bridgehead atoms. The third-order valence-electron chi connectivity index (χ3n) is 0.697. The van der Waals surface area contributed by atoms with Crippen LogP contribution in [0, 0.1) is 6.92 Å². The van der Waals surface area contributed by atoms with E-state index in [1.165, 1.54) is 6.42 Å². The van der Waals surface area contributed by atoms with Gasteiger partial charge in [-0.1, -0.05) is 13.3 Å². The van der Waals surface area contributed by atoms with Crippen LogP contribution in [0.1, 0.15) is 19.8 Å². The van der Waals surface area contributed by atoms with Crippen molar-refractivity contribution in [2.45, 2.75) is 25.8 Å². The van der Waals surface area contributed by atoms with Gasteiger partial charge in [0.1, 0.15) is 0 Å². The molecule has 0 aliphatic rings. The SMILES string of the molecule is [CH2]C([NH3+])CCC. The molecular formula is C5H13N+. The van der Waals surface area contributed by atoms with E-state index in [0.29, 0.717) is 6.04 Å². The van der Waals surface area contributed by atoms with Crippen molar-refractivity contribution in [3.63, 3.8) is 0 Å². The van der Waals surface area contributed by atoms with Crippen LogP contribution in [0.3, 0.4) is 0 Å². The zero-order valence-corrected chi connectivity index (χ0v) is 4.41. The van der Waals surface area contributed by atoms with Crippen LogP contribution in [0.25, 0.3) is 0 Å². The van der Waals surface area contributed by atoms with Gasteiger partial charge in [-0.2, -0.15) is 0 Å². The molecule has 0 aromatic carbocycles. The highest BCUT2D eigenvalue weighted by molar-refractivity contribution is 4.50. The predicted molar refractivity (Wildman–Crippen MR) is 26.9 cm³/mol. The molecule has 3 N–H and O–H groups in total. The average molecular weight is 87.2 g/mol. The number of hydrogen-bond acceptors (Lipinski definition) is 0. The lowest BCUT2D eigenvalue weighted by atomic mass is 10.2. The number of rotatable bonds is 2. The van der Waals surface area contributed by atoms with E-state index in [4.69, 9.17) is 0 Å². The van der Waals surface area contributed by atoms with Gasteiger partial charge >= 0.3 is 0 Å². The summed E-state index contributed by atoms with van der Waals surface area (Å²) in [6, 6.07) is 0.398. The first-order valence-electron chi connectivity index (χ1n) is 2.43. The van der Waals surface area contributed by atoms with E-state index in [1.54, 1.807) is 0 Å². The van der Waals surface area contributed by atoms with Gasteiger partial charge in [0.2, 0.25) is 0 Å². The summed E-state index contributed by atoms with van der Waals surface area (Å²) in [7, 11) is 0. The Hall–Kier alpha value is -0.0400. The van der Waals surface area contributed by atoms with Gasteiger partial charge in [-0.05, 0) is 6.42 Å². The van der Waals surface area contributed by atoms with Crippen LogP contribution in [0.4, 0.5) is 0 Å². The molecule has 0 aromatic heterocycles. The largest absolute Gasteiger partial charge is 0.355 e. The van der Waals surface area contributed by atoms with E-state index < -0.39 is 0 Å². The van der Waals surface area contributed by atoms with E-state index in [1.807, 2.05) is 0 Å². The van der Waals surface area contributed by atoms with Gasteiger partial charge in [-0.3, -0.25) is 0 Å². The maximum Gasteiger partial charge on any atom is 0.0845 e. The third kappa shape index (κ3) is 3.96. The van der Waals surface area contributed by atoms with Gasteiger partial charge in [0.15, 0.2) is 0 Å². The van der Waals surface area contributed by atoms with E-state index in [0.717, 1.165) is 6.42 Å². The monoisotopic (exact) mass is 87.1 g/mol. The molecule has 0 fully saturated rings. The Morgan fingerprint density at radius 3 is 2.33 bits per heavy atom. The van der Waals surface area contributed by atoms with Gasteiger partial charge in [-0.25, -0.2) is 0 Å². The first-order chi connectivity index (χ1) is 2.77. The predicted octanol–water partition coefficient (Wildman–Crippen LogP) is 0.231. The molecule has 0 saturated heterocycles. The van der Waals surface area contributed by atoms with Crippen molar-refractivity contribution in [3.8, 4) is 0 Å². The van der Waals surface area contributed by atoms with Gasteiger partial charge in [-0.15, -0.1) is 0 Å². The molecule has 0 spiro atoms. The van der Waals surface area contributed by atoms with Gasteiger partial charge < -0.3 is 5.73 Å². The van der Waals surface area contributed by atoms with Crippen LogP contribution >= 0.6 is 0 Å². The number of quaternary nitrogens is 1. The summed E-state index contributed by atoms with van der Waals surface area (Å²) in [4.78, 5) is 0. The van der Waals surface area contributed by atoms with Crippen LogP contribution in [-0.2, 0) is 0 Å². The Labute approximate surface area is 39.5 Å². The summed E-state index contributed by atoms with van der Waals surface area (Å²) < 4.78 is 0. The first-order valence-corrected chi connectivity index (χ1v) is 2.43. The normalized spacial score (nSPS) is 14.5. The Morgan fingerprint density at radius 1 is 1.83 bits per heavy atom. The summed E-state index contributed by atoms with van der Waals surface area (Å²) in [6.07, 6.45) is 2.36. The van der Waals surface area contributed by atoms with E-state index >= 15 is 0 Å². The standard InChI is InChI=1S/C5H12N/c1-3-4-5(2)6/h5H,2-4,6H2,1H3/p+1. The summed E-state index contributed by atoms with van der Waals surface area (Å²) in [5.74, 6) is 0. The van der Waals surface area contributed by atoms with E-state index in [9.17, 15) is 0 Å². The average Bonchev–Trinajstić information content (AvgIpc) is 1.35. The van der Waals surface area contributed by atoms with Crippen LogP contribution in [0.5, 0.6) is 0 Å². The molecule has 0 aliphatic heterocycles.